The van der Waals surface area contributed by atoms with Crippen molar-refractivity contribution in [2.45, 2.75) is 25.4 Å². The molecule has 3 N–H and O–H groups in total. The van der Waals surface area contributed by atoms with Gasteiger partial charge in [0.25, 0.3) is 5.91 Å². The maximum atomic E-state index is 11.8. The van der Waals surface area contributed by atoms with E-state index in [1.54, 1.807) is 0 Å². The lowest BCUT2D eigenvalue weighted by atomic mass is 10.1. The number of carbonyl (C=O) groups is 4. The summed E-state index contributed by atoms with van der Waals surface area (Å²) in [5.41, 5.74) is -0.101. The van der Waals surface area contributed by atoms with Gasteiger partial charge in [-0.3, -0.25) is 24.5 Å². The van der Waals surface area contributed by atoms with Gasteiger partial charge in [0.05, 0.1) is 6.20 Å². The van der Waals surface area contributed by atoms with Crippen molar-refractivity contribution in [1.82, 2.24) is 25.6 Å². The SMILES string of the molecule is O=C(O)Cn1cc(C(=O)NC2CCC(=O)NC2=O)nn1. The molecule has 1 saturated heterocycles. The molecule has 0 radical (unpaired) electrons. The number of nitrogens with one attached hydrogen (secondary N) is 2. The third kappa shape index (κ3) is 3.16. The molecule has 1 fully saturated rings. The van der Waals surface area contributed by atoms with Crippen LogP contribution in [-0.2, 0) is 20.9 Å². The Hall–Kier alpha value is -2.78. The molecule has 1 unspecified atom stereocenters. The molecule has 106 valence electrons. The van der Waals surface area contributed by atoms with Crippen LogP contribution in [0.25, 0.3) is 0 Å². The van der Waals surface area contributed by atoms with E-state index < -0.39 is 30.4 Å². The summed E-state index contributed by atoms with van der Waals surface area (Å²) in [6.07, 6.45) is 1.51. The van der Waals surface area contributed by atoms with Gasteiger partial charge in [-0.2, -0.15) is 0 Å². The van der Waals surface area contributed by atoms with Crippen LogP contribution in [0.15, 0.2) is 6.20 Å². The van der Waals surface area contributed by atoms with Crippen LogP contribution in [0.1, 0.15) is 23.3 Å². The molecule has 1 aromatic rings. The van der Waals surface area contributed by atoms with Gasteiger partial charge in [-0.25, -0.2) is 4.68 Å². The molecule has 1 aromatic heterocycles. The molecule has 1 aliphatic rings. The Morgan fingerprint density at radius 3 is 2.90 bits per heavy atom. The molecule has 0 saturated carbocycles. The van der Waals surface area contributed by atoms with Crippen LogP contribution >= 0.6 is 0 Å². The minimum Gasteiger partial charge on any atom is -0.480 e. The number of aliphatic carboxylic acids is 1. The maximum Gasteiger partial charge on any atom is 0.325 e. The van der Waals surface area contributed by atoms with Crippen molar-refractivity contribution in [3.05, 3.63) is 11.9 Å². The zero-order valence-electron chi connectivity index (χ0n) is 10.2. The fourth-order valence-corrected chi connectivity index (χ4v) is 1.68. The van der Waals surface area contributed by atoms with Crippen LogP contribution in [-0.4, -0.2) is 49.8 Å². The van der Waals surface area contributed by atoms with Crippen LogP contribution in [0, 0.1) is 0 Å². The predicted molar refractivity (Wildman–Crippen MR) is 61.3 cm³/mol. The Morgan fingerprint density at radius 1 is 1.50 bits per heavy atom. The van der Waals surface area contributed by atoms with Gasteiger partial charge in [-0.1, -0.05) is 5.21 Å². The fourth-order valence-electron chi connectivity index (χ4n) is 1.68. The smallest absolute Gasteiger partial charge is 0.325 e. The zero-order valence-corrected chi connectivity index (χ0v) is 10.2. The number of aromatic nitrogens is 3. The average Bonchev–Trinajstić information content (AvgIpc) is 2.80. The number of amides is 3. The van der Waals surface area contributed by atoms with E-state index in [-0.39, 0.29) is 24.4 Å². The molecular weight excluding hydrogens is 270 g/mol. The molecule has 3 amide bonds. The van der Waals surface area contributed by atoms with Crippen molar-refractivity contribution >= 4 is 23.7 Å². The highest BCUT2D eigenvalue weighted by atomic mass is 16.4. The molecule has 10 nitrogen and oxygen atoms in total. The van der Waals surface area contributed by atoms with Gasteiger partial charge in [-0.15, -0.1) is 5.10 Å². The molecule has 10 heteroatoms. The van der Waals surface area contributed by atoms with Crippen molar-refractivity contribution in [2.24, 2.45) is 0 Å². The van der Waals surface area contributed by atoms with Gasteiger partial charge in [0.2, 0.25) is 11.8 Å². The normalized spacial score (nSPS) is 18.5. The van der Waals surface area contributed by atoms with E-state index in [1.807, 2.05) is 0 Å². The number of piperidine rings is 1. The van der Waals surface area contributed by atoms with Gasteiger partial charge in [0, 0.05) is 6.42 Å². The van der Waals surface area contributed by atoms with Crippen LogP contribution < -0.4 is 10.6 Å². The fraction of sp³-hybridized carbons (Fsp3) is 0.400. The second kappa shape index (κ2) is 5.47. The number of carboxylic acids is 1. The summed E-state index contributed by atoms with van der Waals surface area (Å²) in [5.74, 6) is -2.73. The highest BCUT2D eigenvalue weighted by Gasteiger charge is 2.28. The average molecular weight is 281 g/mol. The lowest BCUT2D eigenvalue weighted by Gasteiger charge is -2.21. The predicted octanol–water partition coefficient (Wildman–Crippen LogP) is -2.10. The van der Waals surface area contributed by atoms with Crippen molar-refractivity contribution < 1.29 is 24.3 Å². The first kappa shape index (κ1) is 13.6. The first-order valence-corrected chi connectivity index (χ1v) is 5.72. The van der Waals surface area contributed by atoms with Crippen LogP contribution in [0.5, 0.6) is 0 Å². The van der Waals surface area contributed by atoms with Crippen LogP contribution in [0.4, 0.5) is 0 Å². The van der Waals surface area contributed by atoms with E-state index in [1.165, 1.54) is 0 Å². The van der Waals surface area contributed by atoms with Crippen LogP contribution in [0.2, 0.25) is 0 Å². The van der Waals surface area contributed by atoms with E-state index in [9.17, 15) is 19.2 Å². The topological polar surface area (TPSA) is 143 Å². The number of hydrogen-bond acceptors (Lipinski definition) is 6. The third-order valence-corrected chi connectivity index (χ3v) is 2.61. The molecule has 2 heterocycles. The molecule has 2 rings (SSSR count). The highest BCUT2D eigenvalue weighted by Crippen LogP contribution is 2.05. The summed E-state index contributed by atoms with van der Waals surface area (Å²) < 4.78 is 0.988. The molecule has 1 atom stereocenters. The molecular formula is C10H11N5O5. The monoisotopic (exact) mass is 281 g/mol. The minimum absolute atomic E-state index is 0.101. The summed E-state index contributed by atoms with van der Waals surface area (Å²) in [7, 11) is 0. The van der Waals surface area contributed by atoms with E-state index in [0.717, 1.165) is 10.9 Å². The lowest BCUT2D eigenvalue weighted by molar-refractivity contribution is -0.138. The second-order valence-electron chi connectivity index (χ2n) is 4.17. The minimum atomic E-state index is -1.12. The molecule has 0 aromatic carbocycles. The number of carbonyl (C=O) groups excluding carboxylic acids is 3. The first-order chi connectivity index (χ1) is 9.45. The van der Waals surface area contributed by atoms with Gasteiger partial charge in [-0.05, 0) is 6.42 Å². The second-order valence-corrected chi connectivity index (χ2v) is 4.17. The Kier molecular flexibility index (Phi) is 3.73. The summed E-state index contributed by atoms with van der Waals surface area (Å²) in [5, 5.41) is 20.1. The largest absolute Gasteiger partial charge is 0.480 e. The lowest BCUT2D eigenvalue weighted by Crippen LogP contribution is -2.52. The Morgan fingerprint density at radius 2 is 2.25 bits per heavy atom. The van der Waals surface area contributed by atoms with Crippen molar-refractivity contribution in [3.63, 3.8) is 0 Å². The quantitative estimate of drug-likeness (QED) is 0.536. The third-order valence-electron chi connectivity index (χ3n) is 2.61. The Balaban J connectivity index is 1.98. The first-order valence-electron chi connectivity index (χ1n) is 5.72. The standard InChI is InChI=1S/C10H11N5O5/c16-7-2-1-5(9(19)12-7)11-10(20)6-3-15(14-13-6)4-8(17)18/h3,5H,1-2,4H2,(H,11,20)(H,17,18)(H,12,16,19). The van der Waals surface area contributed by atoms with Crippen molar-refractivity contribution in [3.8, 4) is 0 Å². The molecule has 0 spiro atoms. The molecule has 0 aliphatic carbocycles. The molecule has 0 bridgehead atoms. The van der Waals surface area contributed by atoms with Crippen molar-refractivity contribution in [2.75, 3.05) is 0 Å². The molecule has 20 heavy (non-hydrogen) atoms. The summed E-state index contributed by atoms with van der Waals surface area (Å²) in [6.45, 7) is -0.418. The van der Waals surface area contributed by atoms with Gasteiger partial charge < -0.3 is 10.4 Å². The van der Waals surface area contributed by atoms with E-state index >= 15 is 0 Å². The number of nitrogens with zero attached hydrogens (tertiary/aromatic N) is 3. The van der Waals surface area contributed by atoms with Crippen molar-refractivity contribution in [1.29, 1.82) is 0 Å². The Bertz CT molecular complexity index is 580. The summed E-state index contributed by atoms with van der Waals surface area (Å²) in [4.78, 5) is 44.7. The number of rotatable bonds is 4. The highest BCUT2D eigenvalue weighted by molar-refractivity contribution is 6.03. The number of carboxylic acid groups (broad SMARTS) is 1. The van der Waals surface area contributed by atoms with E-state index in [4.69, 9.17) is 5.11 Å². The van der Waals surface area contributed by atoms with Gasteiger partial charge in [0.15, 0.2) is 5.69 Å². The number of imide groups is 1. The maximum absolute atomic E-state index is 11.8. The van der Waals surface area contributed by atoms with Gasteiger partial charge >= 0.3 is 5.97 Å². The van der Waals surface area contributed by atoms with E-state index in [2.05, 4.69) is 20.9 Å². The molecule has 1 aliphatic heterocycles. The van der Waals surface area contributed by atoms with Gasteiger partial charge in [0.1, 0.15) is 12.6 Å². The Labute approximate surface area is 112 Å². The number of hydrogen-bond donors (Lipinski definition) is 3. The summed E-state index contributed by atoms with van der Waals surface area (Å²) >= 11 is 0. The zero-order chi connectivity index (χ0) is 14.7. The van der Waals surface area contributed by atoms with E-state index in [0.29, 0.717) is 0 Å². The summed E-state index contributed by atoms with van der Waals surface area (Å²) in [6, 6.07) is -0.815. The van der Waals surface area contributed by atoms with Crippen LogP contribution in [0.3, 0.4) is 0 Å².